The fraction of sp³-hybridized carbons (Fsp3) is 0. The molecule has 66 valence electrons. The average molecular weight is 349 g/mol. The molecule has 0 radical (unpaired) electrons. The van der Waals surface area contributed by atoms with Crippen molar-refractivity contribution in [3.8, 4) is 5.75 Å². The summed E-state index contributed by atoms with van der Waals surface area (Å²) < 4.78 is 1.83. The van der Waals surface area contributed by atoms with Crippen LogP contribution in [0.3, 0.4) is 0 Å². The molecule has 0 spiro atoms. The summed E-state index contributed by atoms with van der Waals surface area (Å²) in [4.78, 5) is 0. The molecule has 1 N–H and O–H groups in total. The molecule has 0 unspecified atom stereocenters. The molecule has 0 aromatic heterocycles. The van der Waals surface area contributed by atoms with Crippen molar-refractivity contribution in [1.29, 1.82) is 0 Å². The third-order valence-electron chi connectivity index (χ3n) is 1.91. The molecule has 1 nitrogen and oxygen atoms in total. The van der Waals surface area contributed by atoms with Gasteiger partial charge < -0.3 is 5.11 Å². The normalized spacial score (nSPS) is 10.6. The molecule has 0 saturated carbocycles. The monoisotopic (exact) mass is 348 g/mol. The molecule has 0 fully saturated rings. The van der Waals surface area contributed by atoms with Crippen LogP contribution in [0.4, 0.5) is 0 Å². The minimum atomic E-state index is 0.325. The molecule has 0 bridgehead atoms. The summed E-state index contributed by atoms with van der Waals surface area (Å²) in [5, 5.41) is 11.8. The van der Waals surface area contributed by atoms with Crippen molar-refractivity contribution in [1.82, 2.24) is 0 Å². The average Bonchev–Trinajstić information content (AvgIpc) is 2.15. The molecule has 0 aliphatic rings. The Hall–Kier alpha value is -0.290. The number of halogens is 2. The van der Waals surface area contributed by atoms with Crippen molar-refractivity contribution >= 4 is 49.3 Å². The summed E-state index contributed by atoms with van der Waals surface area (Å²) in [5.74, 6) is 0.325. The van der Waals surface area contributed by atoms with Gasteiger partial charge in [-0.1, -0.05) is 40.2 Å². The van der Waals surface area contributed by atoms with E-state index >= 15 is 0 Å². The van der Waals surface area contributed by atoms with Crippen molar-refractivity contribution in [3.05, 3.63) is 38.4 Å². The van der Waals surface area contributed by atoms with Gasteiger partial charge in [-0.15, -0.1) is 0 Å². The topological polar surface area (TPSA) is 20.2 Å². The minimum Gasteiger partial charge on any atom is -0.507 e. The van der Waals surface area contributed by atoms with Crippen LogP contribution in [-0.4, -0.2) is 5.11 Å². The van der Waals surface area contributed by atoms with Crippen LogP contribution in [0.1, 0.15) is 0 Å². The number of hydrogen-bond acceptors (Lipinski definition) is 1. The molecule has 0 heterocycles. The van der Waals surface area contributed by atoms with Crippen molar-refractivity contribution < 1.29 is 5.11 Å². The smallest absolute Gasteiger partial charge is 0.130 e. The first kappa shape index (κ1) is 9.27. The van der Waals surface area contributed by atoms with E-state index in [9.17, 15) is 5.11 Å². The van der Waals surface area contributed by atoms with E-state index < -0.39 is 0 Å². The summed E-state index contributed by atoms with van der Waals surface area (Å²) >= 11 is 5.57. The van der Waals surface area contributed by atoms with E-state index in [4.69, 9.17) is 0 Å². The number of phenols is 1. The molecule has 0 amide bonds. The number of phenolic OH excluding ortho intramolecular Hbond substituents is 1. The van der Waals surface area contributed by atoms with Crippen LogP contribution in [0, 0.1) is 3.57 Å². The lowest BCUT2D eigenvalue weighted by atomic mass is 10.1. The van der Waals surface area contributed by atoms with Gasteiger partial charge in [-0.25, -0.2) is 0 Å². The lowest BCUT2D eigenvalue weighted by Gasteiger charge is -2.04. The summed E-state index contributed by atoms with van der Waals surface area (Å²) in [5.41, 5.74) is 0. The van der Waals surface area contributed by atoms with E-state index in [1.807, 2.05) is 24.3 Å². The summed E-state index contributed by atoms with van der Waals surface area (Å²) in [7, 11) is 0. The maximum atomic E-state index is 9.56. The van der Waals surface area contributed by atoms with Crippen molar-refractivity contribution in [2.45, 2.75) is 0 Å². The summed E-state index contributed by atoms with van der Waals surface area (Å²) in [6.07, 6.45) is 0. The van der Waals surface area contributed by atoms with E-state index in [0.717, 1.165) is 18.8 Å². The van der Waals surface area contributed by atoms with Crippen LogP contribution in [0.2, 0.25) is 0 Å². The van der Waals surface area contributed by atoms with Crippen LogP contribution < -0.4 is 0 Å². The molecule has 2 aromatic carbocycles. The number of fused-ring (bicyclic) bond motifs is 1. The third-order valence-corrected chi connectivity index (χ3v) is 3.70. The van der Waals surface area contributed by atoms with Gasteiger partial charge in [0.15, 0.2) is 0 Å². The Morgan fingerprint density at radius 3 is 2.46 bits per heavy atom. The maximum Gasteiger partial charge on any atom is 0.130 e. The van der Waals surface area contributed by atoms with E-state index in [1.54, 1.807) is 6.07 Å². The molecular weight excluding hydrogens is 343 g/mol. The Morgan fingerprint density at radius 1 is 1.15 bits per heavy atom. The summed E-state index contributed by atoms with van der Waals surface area (Å²) in [6.45, 7) is 0. The van der Waals surface area contributed by atoms with E-state index in [-0.39, 0.29) is 0 Å². The lowest BCUT2D eigenvalue weighted by molar-refractivity contribution is 0.472. The second-order valence-electron chi connectivity index (χ2n) is 2.74. The van der Waals surface area contributed by atoms with Gasteiger partial charge in [0.25, 0.3) is 0 Å². The van der Waals surface area contributed by atoms with Crippen LogP contribution >= 0.6 is 38.5 Å². The zero-order chi connectivity index (χ0) is 9.42. The van der Waals surface area contributed by atoms with Crippen molar-refractivity contribution in [2.75, 3.05) is 0 Å². The fourth-order valence-electron chi connectivity index (χ4n) is 1.28. The molecule has 0 aliphatic carbocycles. The Bertz CT molecular complexity index is 468. The molecule has 2 aromatic rings. The highest BCUT2D eigenvalue weighted by atomic mass is 127. The third kappa shape index (κ3) is 1.55. The van der Waals surface area contributed by atoms with Crippen molar-refractivity contribution in [3.63, 3.8) is 0 Å². The van der Waals surface area contributed by atoms with E-state index in [2.05, 4.69) is 38.5 Å². The molecule has 2 rings (SSSR count). The molecular formula is C10H6BrIO. The van der Waals surface area contributed by atoms with Gasteiger partial charge in [0.1, 0.15) is 5.75 Å². The van der Waals surface area contributed by atoms with Gasteiger partial charge in [0.2, 0.25) is 0 Å². The zero-order valence-electron chi connectivity index (χ0n) is 6.59. The minimum absolute atomic E-state index is 0.325. The fourth-order valence-corrected chi connectivity index (χ4v) is 2.47. The molecule has 0 saturated heterocycles. The van der Waals surface area contributed by atoms with E-state index in [0.29, 0.717) is 5.75 Å². The number of benzene rings is 2. The van der Waals surface area contributed by atoms with Gasteiger partial charge >= 0.3 is 0 Å². The van der Waals surface area contributed by atoms with Crippen molar-refractivity contribution in [2.24, 2.45) is 0 Å². The second-order valence-corrected chi connectivity index (χ2v) is 4.67. The first-order valence-corrected chi connectivity index (χ1v) is 5.63. The van der Waals surface area contributed by atoms with Crippen LogP contribution in [-0.2, 0) is 0 Å². The molecule has 3 heteroatoms. The van der Waals surface area contributed by atoms with Gasteiger partial charge in [-0.05, 0) is 39.4 Å². The Labute approximate surface area is 98.0 Å². The highest BCUT2D eigenvalue weighted by Crippen LogP contribution is 2.34. The van der Waals surface area contributed by atoms with Gasteiger partial charge in [-0.2, -0.15) is 0 Å². The van der Waals surface area contributed by atoms with Crippen LogP contribution in [0.5, 0.6) is 5.75 Å². The predicted octanol–water partition coefficient (Wildman–Crippen LogP) is 3.91. The predicted molar refractivity (Wildman–Crippen MR) is 66.0 cm³/mol. The van der Waals surface area contributed by atoms with E-state index in [1.165, 1.54) is 0 Å². The molecule has 0 atom stereocenters. The number of aromatic hydroxyl groups is 1. The van der Waals surface area contributed by atoms with Gasteiger partial charge in [0.05, 0.1) is 3.57 Å². The zero-order valence-corrected chi connectivity index (χ0v) is 10.3. The Kier molecular flexibility index (Phi) is 2.47. The first-order valence-electron chi connectivity index (χ1n) is 3.76. The van der Waals surface area contributed by atoms with Gasteiger partial charge in [0, 0.05) is 4.47 Å². The highest BCUT2D eigenvalue weighted by Gasteiger charge is 2.06. The quantitative estimate of drug-likeness (QED) is 0.715. The Morgan fingerprint density at radius 2 is 1.77 bits per heavy atom. The number of rotatable bonds is 0. The largest absolute Gasteiger partial charge is 0.507 e. The standard InChI is InChI=1S/C10H6BrIO/c11-8-5-9(13)10(12)7-4-2-1-3-6(7)8/h1-5,13H. The maximum absolute atomic E-state index is 9.56. The SMILES string of the molecule is Oc1cc(Br)c2ccccc2c1I. The van der Waals surface area contributed by atoms with Crippen LogP contribution in [0.15, 0.2) is 34.8 Å². The second kappa shape index (κ2) is 3.46. The first-order chi connectivity index (χ1) is 6.20. The van der Waals surface area contributed by atoms with Crippen LogP contribution in [0.25, 0.3) is 10.8 Å². The molecule has 13 heavy (non-hydrogen) atoms. The summed E-state index contributed by atoms with van der Waals surface area (Å²) in [6, 6.07) is 9.71. The Balaban J connectivity index is 2.97. The molecule has 0 aliphatic heterocycles. The highest BCUT2D eigenvalue weighted by molar-refractivity contribution is 14.1. The number of hydrogen-bond donors (Lipinski definition) is 1. The lowest BCUT2D eigenvalue weighted by Crippen LogP contribution is -1.80. The van der Waals surface area contributed by atoms with Gasteiger partial charge in [-0.3, -0.25) is 0 Å².